The fourth-order valence-electron chi connectivity index (χ4n) is 2.38. The van der Waals surface area contributed by atoms with Crippen molar-refractivity contribution in [2.75, 3.05) is 6.61 Å². The smallest absolute Gasteiger partial charge is 0.150 e. The Kier molecular flexibility index (Phi) is 2.82. The van der Waals surface area contributed by atoms with Gasteiger partial charge in [0.15, 0.2) is 6.23 Å². The van der Waals surface area contributed by atoms with Gasteiger partial charge in [-0.3, -0.25) is 0 Å². The van der Waals surface area contributed by atoms with Gasteiger partial charge < -0.3 is 10.5 Å². The number of fused-ring (bicyclic) bond motifs is 1. The predicted octanol–water partition coefficient (Wildman–Crippen LogP) is 2.19. The van der Waals surface area contributed by atoms with Crippen LogP contribution < -0.4 is 5.73 Å². The molecule has 0 radical (unpaired) electrons. The molecule has 1 aromatic carbocycles. The standard InChI is InChI=1S/C13H17N3O/c14-8-10-4-5-12-11(7-10)9-15-16(12)13-3-1-2-6-17-13/h4-5,7,9,13H,1-3,6,8,14H2/t13-/m1/s1. The Labute approximate surface area is 100 Å². The zero-order valence-corrected chi connectivity index (χ0v) is 9.80. The summed E-state index contributed by atoms with van der Waals surface area (Å²) in [5, 5.41) is 5.59. The summed E-state index contributed by atoms with van der Waals surface area (Å²) in [7, 11) is 0. The zero-order chi connectivity index (χ0) is 11.7. The molecule has 2 aromatic rings. The molecule has 2 heterocycles. The van der Waals surface area contributed by atoms with Crippen LogP contribution >= 0.6 is 0 Å². The van der Waals surface area contributed by atoms with E-state index < -0.39 is 0 Å². The molecule has 0 aliphatic carbocycles. The second-order valence-electron chi connectivity index (χ2n) is 4.51. The largest absolute Gasteiger partial charge is 0.356 e. The Morgan fingerprint density at radius 1 is 1.41 bits per heavy atom. The van der Waals surface area contributed by atoms with Gasteiger partial charge in [0.05, 0.1) is 11.7 Å². The first-order valence-corrected chi connectivity index (χ1v) is 6.16. The summed E-state index contributed by atoms with van der Waals surface area (Å²) < 4.78 is 7.76. The van der Waals surface area contributed by atoms with E-state index in [2.05, 4.69) is 23.3 Å². The van der Waals surface area contributed by atoms with Crippen molar-refractivity contribution in [2.24, 2.45) is 5.73 Å². The summed E-state index contributed by atoms with van der Waals surface area (Å²) >= 11 is 0. The Morgan fingerprint density at radius 2 is 2.35 bits per heavy atom. The highest BCUT2D eigenvalue weighted by Crippen LogP contribution is 2.26. The lowest BCUT2D eigenvalue weighted by Gasteiger charge is -2.23. The van der Waals surface area contributed by atoms with Crippen molar-refractivity contribution < 1.29 is 4.74 Å². The van der Waals surface area contributed by atoms with Crippen molar-refractivity contribution in [2.45, 2.75) is 32.0 Å². The Morgan fingerprint density at radius 3 is 3.12 bits per heavy atom. The molecule has 3 rings (SSSR count). The van der Waals surface area contributed by atoms with Crippen LogP contribution in [0.3, 0.4) is 0 Å². The van der Waals surface area contributed by atoms with E-state index in [0.29, 0.717) is 6.54 Å². The minimum absolute atomic E-state index is 0.102. The van der Waals surface area contributed by atoms with E-state index >= 15 is 0 Å². The minimum Gasteiger partial charge on any atom is -0.356 e. The van der Waals surface area contributed by atoms with Gasteiger partial charge >= 0.3 is 0 Å². The van der Waals surface area contributed by atoms with E-state index in [-0.39, 0.29) is 6.23 Å². The maximum Gasteiger partial charge on any atom is 0.150 e. The van der Waals surface area contributed by atoms with Gasteiger partial charge in [0.1, 0.15) is 0 Å². The SMILES string of the molecule is NCc1ccc2c(cnn2[C@H]2CCCCO2)c1. The highest BCUT2D eigenvalue weighted by atomic mass is 16.5. The van der Waals surface area contributed by atoms with Gasteiger partial charge in [0.2, 0.25) is 0 Å². The lowest BCUT2D eigenvalue weighted by molar-refractivity contribution is -0.0366. The highest BCUT2D eigenvalue weighted by molar-refractivity contribution is 5.79. The molecule has 4 nitrogen and oxygen atoms in total. The van der Waals surface area contributed by atoms with Crippen LogP contribution in [-0.2, 0) is 11.3 Å². The van der Waals surface area contributed by atoms with Gasteiger partial charge in [-0.1, -0.05) is 6.07 Å². The normalized spacial score (nSPS) is 20.9. The molecule has 90 valence electrons. The van der Waals surface area contributed by atoms with Crippen LogP contribution in [0.1, 0.15) is 31.1 Å². The summed E-state index contributed by atoms with van der Waals surface area (Å²) in [5.41, 5.74) is 7.91. The van der Waals surface area contributed by atoms with E-state index in [9.17, 15) is 0 Å². The van der Waals surface area contributed by atoms with Crippen molar-refractivity contribution in [3.8, 4) is 0 Å². The molecule has 0 unspecified atom stereocenters. The number of nitrogens with zero attached hydrogens (tertiary/aromatic N) is 2. The average Bonchev–Trinajstić information content (AvgIpc) is 2.82. The molecule has 1 atom stereocenters. The minimum atomic E-state index is 0.102. The molecule has 0 spiro atoms. The van der Waals surface area contributed by atoms with Crippen molar-refractivity contribution >= 4 is 10.9 Å². The lowest BCUT2D eigenvalue weighted by atomic mass is 10.1. The van der Waals surface area contributed by atoms with Crippen LogP contribution in [0.5, 0.6) is 0 Å². The second kappa shape index (κ2) is 4.47. The lowest BCUT2D eigenvalue weighted by Crippen LogP contribution is -2.18. The van der Waals surface area contributed by atoms with E-state index in [1.165, 1.54) is 6.42 Å². The van der Waals surface area contributed by atoms with E-state index in [1.54, 1.807) is 0 Å². The fourth-order valence-corrected chi connectivity index (χ4v) is 2.38. The third-order valence-corrected chi connectivity index (χ3v) is 3.32. The van der Waals surface area contributed by atoms with Gasteiger partial charge in [0.25, 0.3) is 0 Å². The van der Waals surface area contributed by atoms with Crippen LogP contribution in [0.2, 0.25) is 0 Å². The third-order valence-electron chi connectivity index (χ3n) is 3.32. The van der Waals surface area contributed by atoms with Crippen molar-refractivity contribution in [3.63, 3.8) is 0 Å². The molecule has 1 aromatic heterocycles. The Bertz CT molecular complexity index is 514. The first-order valence-electron chi connectivity index (χ1n) is 6.16. The first kappa shape index (κ1) is 10.7. The maximum absolute atomic E-state index is 5.76. The summed E-state index contributed by atoms with van der Waals surface area (Å²) in [6, 6.07) is 6.24. The molecular weight excluding hydrogens is 214 g/mol. The van der Waals surface area contributed by atoms with E-state index in [1.807, 2.05) is 10.9 Å². The number of hydrogen-bond donors (Lipinski definition) is 1. The maximum atomic E-state index is 5.76. The van der Waals surface area contributed by atoms with Crippen LogP contribution in [-0.4, -0.2) is 16.4 Å². The Hall–Kier alpha value is -1.39. The molecule has 1 aliphatic heterocycles. The monoisotopic (exact) mass is 231 g/mol. The number of ether oxygens (including phenoxy) is 1. The topological polar surface area (TPSA) is 53.1 Å². The van der Waals surface area contributed by atoms with Crippen LogP contribution in [0, 0.1) is 0 Å². The fraction of sp³-hybridized carbons (Fsp3) is 0.462. The number of hydrogen-bond acceptors (Lipinski definition) is 3. The summed E-state index contributed by atoms with van der Waals surface area (Å²) in [4.78, 5) is 0. The van der Waals surface area contributed by atoms with Crippen LogP contribution in [0.4, 0.5) is 0 Å². The molecule has 1 aliphatic rings. The average molecular weight is 231 g/mol. The summed E-state index contributed by atoms with van der Waals surface area (Å²) in [6.45, 7) is 1.41. The number of nitrogens with two attached hydrogens (primary N) is 1. The molecule has 0 amide bonds. The van der Waals surface area contributed by atoms with E-state index in [4.69, 9.17) is 10.5 Å². The molecule has 1 fully saturated rings. The zero-order valence-electron chi connectivity index (χ0n) is 9.80. The van der Waals surface area contributed by atoms with Crippen molar-refractivity contribution in [1.82, 2.24) is 9.78 Å². The number of benzene rings is 1. The van der Waals surface area contributed by atoms with Gasteiger partial charge in [0, 0.05) is 18.5 Å². The van der Waals surface area contributed by atoms with Crippen LogP contribution in [0.25, 0.3) is 10.9 Å². The van der Waals surface area contributed by atoms with Crippen molar-refractivity contribution in [3.05, 3.63) is 30.0 Å². The summed E-state index contributed by atoms with van der Waals surface area (Å²) in [6.07, 6.45) is 5.42. The second-order valence-corrected chi connectivity index (χ2v) is 4.51. The predicted molar refractivity (Wildman–Crippen MR) is 66.5 cm³/mol. The van der Waals surface area contributed by atoms with Crippen LogP contribution in [0.15, 0.2) is 24.4 Å². The van der Waals surface area contributed by atoms with Gasteiger partial charge in [-0.05, 0) is 37.0 Å². The molecule has 0 saturated carbocycles. The molecule has 1 saturated heterocycles. The third kappa shape index (κ3) is 1.94. The quantitative estimate of drug-likeness (QED) is 0.862. The molecular formula is C13H17N3O. The highest BCUT2D eigenvalue weighted by Gasteiger charge is 2.18. The van der Waals surface area contributed by atoms with E-state index in [0.717, 1.165) is 35.9 Å². The number of rotatable bonds is 2. The molecule has 0 bridgehead atoms. The molecule has 17 heavy (non-hydrogen) atoms. The first-order chi connectivity index (χ1) is 8.38. The van der Waals surface area contributed by atoms with Gasteiger partial charge in [-0.15, -0.1) is 0 Å². The van der Waals surface area contributed by atoms with Gasteiger partial charge in [-0.25, -0.2) is 4.68 Å². The van der Waals surface area contributed by atoms with Crippen molar-refractivity contribution in [1.29, 1.82) is 0 Å². The Balaban J connectivity index is 1.99. The molecule has 2 N–H and O–H groups in total. The summed E-state index contributed by atoms with van der Waals surface area (Å²) in [5.74, 6) is 0. The van der Waals surface area contributed by atoms with Gasteiger partial charge in [-0.2, -0.15) is 5.10 Å². The number of aromatic nitrogens is 2. The molecule has 4 heteroatoms.